The number of rotatable bonds is 1. The smallest absolute Gasteiger partial charge is 0.338 e. The second kappa shape index (κ2) is 2.07. The Balaban J connectivity index is 2.41. The van der Waals surface area contributed by atoms with E-state index in [0.717, 1.165) is 6.42 Å². The van der Waals surface area contributed by atoms with Crippen molar-refractivity contribution in [3.63, 3.8) is 0 Å². The summed E-state index contributed by atoms with van der Waals surface area (Å²) in [5, 5.41) is 18.9. The summed E-state index contributed by atoms with van der Waals surface area (Å²) in [6, 6.07) is 0. The maximum Gasteiger partial charge on any atom is 0.338 e. The summed E-state index contributed by atoms with van der Waals surface area (Å²) in [6.45, 7) is 3.54. The van der Waals surface area contributed by atoms with Gasteiger partial charge in [-0.25, -0.2) is 4.79 Å². The lowest BCUT2D eigenvalue weighted by molar-refractivity contribution is -0.175. The molecule has 4 nitrogen and oxygen atoms in total. The van der Waals surface area contributed by atoms with E-state index in [1.807, 2.05) is 6.92 Å². The lowest BCUT2D eigenvalue weighted by atomic mass is 9.72. The van der Waals surface area contributed by atoms with Crippen LogP contribution in [0.1, 0.15) is 33.1 Å². The van der Waals surface area contributed by atoms with Crippen molar-refractivity contribution in [3.05, 3.63) is 0 Å². The van der Waals surface area contributed by atoms with Crippen LogP contribution in [-0.4, -0.2) is 33.0 Å². The van der Waals surface area contributed by atoms with Crippen LogP contribution in [0.3, 0.4) is 0 Å². The highest BCUT2D eigenvalue weighted by Crippen LogP contribution is 2.55. The van der Waals surface area contributed by atoms with Gasteiger partial charge in [-0.1, -0.05) is 0 Å². The molecule has 0 aromatic heterocycles. The maximum absolute atomic E-state index is 10.9. The van der Waals surface area contributed by atoms with Crippen LogP contribution >= 0.6 is 0 Å². The third-order valence-electron chi connectivity index (χ3n) is 3.46. The van der Waals surface area contributed by atoms with Gasteiger partial charge in [-0.3, -0.25) is 0 Å². The Labute approximate surface area is 76.5 Å². The molecule has 2 rings (SSSR count). The van der Waals surface area contributed by atoms with Crippen molar-refractivity contribution in [2.24, 2.45) is 0 Å². The number of ether oxygens (including phenoxy) is 1. The van der Waals surface area contributed by atoms with Crippen LogP contribution < -0.4 is 0 Å². The van der Waals surface area contributed by atoms with Crippen LogP contribution in [0.25, 0.3) is 0 Å². The van der Waals surface area contributed by atoms with Crippen LogP contribution in [-0.2, 0) is 9.53 Å². The van der Waals surface area contributed by atoms with Gasteiger partial charge in [-0.05, 0) is 26.7 Å². The summed E-state index contributed by atoms with van der Waals surface area (Å²) >= 11 is 0. The highest BCUT2D eigenvalue weighted by molar-refractivity contribution is 5.80. The first-order valence-electron chi connectivity index (χ1n) is 4.47. The highest BCUT2D eigenvalue weighted by atomic mass is 16.6. The van der Waals surface area contributed by atoms with E-state index in [4.69, 9.17) is 9.84 Å². The molecule has 2 fully saturated rings. The minimum atomic E-state index is -1.69. The number of carboxylic acid groups (broad SMARTS) is 1. The molecule has 0 radical (unpaired) electrons. The molecule has 0 unspecified atom stereocenters. The largest absolute Gasteiger partial charge is 0.479 e. The molecule has 0 spiro atoms. The Morgan fingerprint density at radius 3 is 2.23 bits per heavy atom. The molecule has 0 amide bonds. The van der Waals surface area contributed by atoms with Gasteiger partial charge in [0.2, 0.25) is 0 Å². The predicted octanol–water partition coefficient (Wildman–Crippen LogP) is 0.534. The molecule has 4 heteroatoms. The summed E-state index contributed by atoms with van der Waals surface area (Å²) in [4.78, 5) is 10.9. The van der Waals surface area contributed by atoms with E-state index < -0.39 is 22.8 Å². The van der Waals surface area contributed by atoms with Crippen molar-refractivity contribution in [2.75, 3.05) is 0 Å². The summed E-state index contributed by atoms with van der Waals surface area (Å²) in [7, 11) is 0. The van der Waals surface area contributed by atoms with Crippen molar-refractivity contribution >= 4 is 5.97 Å². The molecular formula is C9H14O4. The Kier molecular flexibility index (Phi) is 1.43. The average molecular weight is 186 g/mol. The Hall–Kier alpha value is -0.610. The maximum atomic E-state index is 10.9. The van der Waals surface area contributed by atoms with E-state index in [-0.39, 0.29) is 6.42 Å². The van der Waals surface area contributed by atoms with E-state index in [2.05, 4.69) is 0 Å². The number of carboxylic acids is 1. The fraction of sp³-hybridized carbons (Fsp3) is 0.889. The van der Waals surface area contributed by atoms with Gasteiger partial charge in [-0.15, -0.1) is 0 Å². The molecule has 2 heterocycles. The quantitative estimate of drug-likeness (QED) is 0.627. The van der Waals surface area contributed by atoms with Crippen molar-refractivity contribution in [2.45, 2.75) is 49.9 Å². The first-order valence-corrected chi connectivity index (χ1v) is 4.47. The molecule has 2 bridgehead atoms. The van der Waals surface area contributed by atoms with E-state index in [1.54, 1.807) is 6.92 Å². The van der Waals surface area contributed by atoms with Crippen LogP contribution in [0.15, 0.2) is 0 Å². The molecule has 2 saturated heterocycles. The van der Waals surface area contributed by atoms with Crippen molar-refractivity contribution < 1.29 is 19.7 Å². The molecule has 13 heavy (non-hydrogen) atoms. The van der Waals surface area contributed by atoms with E-state index in [0.29, 0.717) is 6.42 Å². The van der Waals surface area contributed by atoms with Gasteiger partial charge >= 0.3 is 5.97 Å². The van der Waals surface area contributed by atoms with Crippen LogP contribution in [0.2, 0.25) is 0 Å². The van der Waals surface area contributed by atoms with Gasteiger partial charge in [0, 0.05) is 6.42 Å². The summed E-state index contributed by atoms with van der Waals surface area (Å²) < 4.78 is 5.59. The Morgan fingerprint density at radius 2 is 2.00 bits per heavy atom. The minimum absolute atomic E-state index is 0.200. The zero-order valence-electron chi connectivity index (χ0n) is 7.83. The summed E-state index contributed by atoms with van der Waals surface area (Å²) in [5.41, 5.74) is -3.03. The second-order valence-electron chi connectivity index (χ2n) is 4.63. The normalized spacial score (nSPS) is 54.1. The average Bonchev–Trinajstić information content (AvgIpc) is 2.36. The number of aliphatic carboxylic acids is 1. The monoisotopic (exact) mass is 186 g/mol. The Morgan fingerprint density at radius 1 is 1.38 bits per heavy atom. The molecule has 2 aliphatic rings. The fourth-order valence-electron chi connectivity index (χ4n) is 2.59. The lowest BCUT2D eigenvalue weighted by Crippen LogP contribution is -2.55. The summed E-state index contributed by atoms with van der Waals surface area (Å²) in [6.07, 6.45) is 1.65. The zero-order chi connectivity index (χ0) is 9.91. The number of carbonyl (C=O) groups is 1. The van der Waals surface area contributed by atoms with E-state index in [9.17, 15) is 9.90 Å². The molecule has 2 N–H and O–H groups in total. The van der Waals surface area contributed by atoms with Gasteiger partial charge in [0.05, 0.1) is 5.60 Å². The fourth-order valence-corrected chi connectivity index (χ4v) is 2.59. The molecule has 0 aromatic rings. The molecule has 2 aliphatic heterocycles. The molecular weight excluding hydrogens is 172 g/mol. The zero-order valence-corrected chi connectivity index (χ0v) is 7.83. The van der Waals surface area contributed by atoms with Gasteiger partial charge in [0.15, 0.2) is 5.60 Å². The van der Waals surface area contributed by atoms with Crippen molar-refractivity contribution in [1.82, 2.24) is 0 Å². The van der Waals surface area contributed by atoms with Crippen molar-refractivity contribution in [1.29, 1.82) is 0 Å². The molecule has 74 valence electrons. The van der Waals surface area contributed by atoms with Crippen LogP contribution in [0, 0.1) is 0 Å². The SMILES string of the molecule is C[C@@]12CC[C@@](C)(O1)[C@@](O)(C(=O)O)C2. The molecule has 3 atom stereocenters. The van der Waals surface area contributed by atoms with Crippen molar-refractivity contribution in [3.8, 4) is 0 Å². The first kappa shape index (κ1) is 8.97. The number of fused-ring (bicyclic) bond motifs is 2. The van der Waals surface area contributed by atoms with Crippen LogP contribution in [0.4, 0.5) is 0 Å². The number of aliphatic hydroxyl groups is 1. The van der Waals surface area contributed by atoms with Gasteiger partial charge in [0.25, 0.3) is 0 Å². The topological polar surface area (TPSA) is 66.8 Å². The standard InChI is InChI=1S/C9H14O4/c1-7-3-4-8(2,13-7)9(12,5-7)6(10)11/h12H,3-5H2,1-2H3,(H,10,11)/t7-,8+,9-/m0/s1. The number of hydrogen-bond donors (Lipinski definition) is 2. The number of hydrogen-bond acceptors (Lipinski definition) is 3. The van der Waals surface area contributed by atoms with Crippen LogP contribution in [0.5, 0.6) is 0 Å². The first-order chi connectivity index (χ1) is 5.81. The van der Waals surface area contributed by atoms with E-state index in [1.165, 1.54) is 0 Å². The van der Waals surface area contributed by atoms with Gasteiger partial charge in [0.1, 0.15) is 5.60 Å². The second-order valence-corrected chi connectivity index (χ2v) is 4.63. The molecule has 0 saturated carbocycles. The third-order valence-corrected chi connectivity index (χ3v) is 3.46. The lowest BCUT2D eigenvalue weighted by Gasteiger charge is -2.34. The summed E-state index contributed by atoms with van der Waals surface area (Å²) in [5.74, 6) is -1.17. The third kappa shape index (κ3) is 0.901. The van der Waals surface area contributed by atoms with E-state index >= 15 is 0 Å². The van der Waals surface area contributed by atoms with Gasteiger partial charge in [-0.2, -0.15) is 0 Å². The Bertz CT molecular complexity index is 277. The molecule has 0 aliphatic carbocycles. The minimum Gasteiger partial charge on any atom is -0.479 e. The van der Waals surface area contributed by atoms with Gasteiger partial charge < -0.3 is 14.9 Å². The highest BCUT2D eigenvalue weighted by Gasteiger charge is 2.68. The predicted molar refractivity (Wildman–Crippen MR) is 44.3 cm³/mol. The molecule has 0 aromatic carbocycles.